The predicted molar refractivity (Wildman–Crippen MR) is 176 cm³/mol. The first kappa shape index (κ1) is 34.7. The maximum absolute atomic E-state index is 14.0. The van der Waals surface area contributed by atoms with Crippen molar-refractivity contribution in [2.75, 3.05) is 23.7 Å². The minimum absolute atomic E-state index is 0.00707. The molecule has 0 bridgehead atoms. The van der Waals surface area contributed by atoms with Crippen molar-refractivity contribution in [3.05, 3.63) is 98.5 Å². The number of sulfonamides is 1. The van der Waals surface area contributed by atoms with Crippen molar-refractivity contribution in [2.24, 2.45) is 5.92 Å². The molecule has 1 atom stereocenters. The molecule has 11 heteroatoms. The van der Waals surface area contributed by atoms with E-state index in [0.29, 0.717) is 32.9 Å². The van der Waals surface area contributed by atoms with Crippen LogP contribution < -0.4 is 9.62 Å². The van der Waals surface area contributed by atoms with E-state index in [1.807, 2.05) is 44.2 Å². The normalized spacial score (nSPS) is 12.2. The second-order valence-corrected chi connectivity index (χ2v) is 14.1. The predicted octanol–water partition coefficient (Wildman–Crippen LogP) is 6.91. The van der Waals surface area contributed by atoms with Crippen LogP contribution in [0.5, 0.6) is 0 Å². The van der Waals surface area contributed by atoms with Crippen molar-refractivity contribution in [3.8, 4) is 0 Å². The third-order valence-electron chi connectivity index (χ3n) is 6.94. The number of carbonyl (C=O) groups is 2. The second-order valence-electron chi connectivity index (χ2n) is 10.9. The van der Waals surface area contributed by atoms with Gasteiger partial charge in [0.2, 0.25) is 21.8 Å². The van der Waals surface area contributed by atoms with Gasteiger partial charge in [-0.05, 0) is 54.7 Å². The second kappa shape index (κ2) is 15.8. The van der Waals surface area contributed by atoms with Crippen molar-refractivity contribution >= 4 is 62.3 Å². The summed E-state index contributed by atoms with van der Waals surface area (Å²) in [6.45, 7) is 6.29. The van der Waals surface area contributed by atoms with Crippen LogP contribution in [0, 0.1) is 12.8 Å². The monoisotopic (exact) mass is 665 g/mol. The van der Waals surface area contributed by atoms with Gasteiger partial charge < -0.3 is 10.2 Å². The van der Waals surface area contributed by atoms with Crippen LogP contribution in [-0.4, -0.2) is 50.5 Å². The Balaban J connectivity index is 1.94. The van der Waals surface area contributed by atoms with Crippen LogP contribution in [0.15, 0.2) is 66.7 Å². The molecule has 43 heavy (non-hydrogen) atoms. The highest BCUT2D eigenvalue weighted by molar-refractivity contribution is 7.92. The molecule has 232 valence electrons. The Labute approximate surface area is 270 Å². The van der Waals surface area contributed by atoms with Gasteiger partial charge >= 0.3 is 0 Å². The Morgan fingerprint density at radius 1 is 0.930 bits per heavy atom. The molecule has 0 radical (unpaired) electrons. The summed E-state index contributed by atoms with van der Waals surface area (Å²) in [7, 11) is -3.67. The Morgan fingerprint density at radius 2 is 1.58 bits per heavy atom. The van der Waals surface area contributed by atoms with Crippen LogP contribution in [0.1, 0.15) is 43.4 Å². The van der Waals surface area contributed by atoms with E-state index >= 15 is 0 Å². The van der Waals surface area contributed by atoms with Gasteiger partial charge in [0.25, 0.3) is 0 Å². The highest BCUT2D eigenvalue weighted by Crippen LogP contribution is 2.29. The van der Waals surface area contributed by atoms with E-state index in [0.717, 1.165) is 17.4 Å². The number of halogens is 3. The summed E-state index contributed by atoms with van der Waals surface area (Å²) in [5.41, 5.74) is 2.61. The summed E-state index contributed by atoms with van der Waals surface area (Å²) in [5.74, 6) is -0.408. The molecule has 0 fully saturated rings. The quantitative estimate of drug-likeness (QED) is 0.203. The van der Waals surface area contributed by atoms with Gasteiger partial charge in [-0.2, -0.15) is 0 Å². The Kier molecular flexibility index (Phi) is 12.8. The third-order valence-corrected chi connectivity index (χ3v) is 9.06. The zero-order valence-corrected chi connectivity index (χ0v) is 27.9. The summed E-state index contributed by atoms with van der Waals surface area (Å²) < 4.78 is 26.8. The largest absolute Gasteiger partial charge is 0.354 e. The molecular formula is C32H38Cl3N3O4S. The standard InChI is InChI=1S/C32H38Cl3N3O4S/c1-22(2)20-36-32(40)30(18-24-10-6-5-7-11-24)37(21-26-27(34)12-8-13-28(26)35)31(39)14-9-17-38(43(4,41)42)29-19-25(33)16-15-23(29)3/h5-8,10-13,15-16,19,22,30H,9,14,17-18,20-21H2,1-4H3,(H,36,40)/t30-/m0/s1. The lowest BCUT2D eigenvalue weighted by Gasteiger charge is -2.32. The number of nitrogens with one attached hydrogen (secondary N) is 1. The van der Waals surface area contributed by atoms with Crippen molar-refractivity contribution in [2.45, 2.75) is 52.6 Å². The smallest absolute Gasteiger partial charge is 0.243 e. The molecule has 0 heterocycles. The fraction of sp³-hybridized carbons (Fsp3) is 0.375. The molecule has 0 unspecified atom stereocenters. The number of rotatable bonds is 14. The topological polar surface area (TPSA) is 86.8 Å². The summed E-state index contributed by atoms with van der Waals surface area (Å²) in [5, 5.41) is 4.15. The zero-order valence-electron chi connectivity index (χ0n) is 24.8. The van der Waals surface area contributed by atoms with Gasteiger partial charge in [-0.3, -0.25) is 13.9 Å². The number of nitrogens with zero attached hydrogens (tertiary/aromatic N) is 2. The number of hydrogen-bond donors (Lipinski definition) is 1. The molecule has 3 rings (SSSR count). The van der Waals surface area contributed by atoms with E-state index < -0.39 is 16.1 Å². The van der Waals surface area contributed by atoms with Gasteiger partial charge in [-0.25, -0.2) is 8.42 Å². The zero-order chi connectivity index (χ0) is 31.7. The molecule has 1 N–H and O–H groups in total. The number of anilines is 1. The molecule has 7 nitrogen and oxygen atoms in total. The highest BCUT2D eigenvalue weighted by atomic mass is 35.5. The maximum atomic E-state index is 14.0. The minimum atomic E-state index is -3.67. The van der Waals surface area contributed by atoms with Crippen LogP contribution in [0.4, 0.5) is 5.69 Å². The lowest BCUT2D eigenvalue weighted by molar-refractivity contribution is -0.141. The first-order valence-electron chi connectivity index (χ1n) is 14.1. The molecule has 3 aromatic rings. The van der Waals surface area contributed by atoms with Gasteiger partial charge in [0, 0.05) is 53.1 Å². The van der Waals surface area contributed by atoms with E-state index in [-0.39, 0.29) is 50.1 Å². The average molecular weight is 667 g/mol. The Morgan fingerprint density at radius 3 is 2.19 bits per heavy atom. The van der Waals surface area contributed by atoms with E-state index in [9.17, 15) is 18.0 Å². The van der Waals surface area contributed by atoms with Gasteiger partial charge in [-0.15, -0.1) is 0 Å². The fourth-order valence-electron chi connectivity index (χ4n) is 4.66. The van der Waals surface area contributed by atoms with E-state index in [1.54, 1.807) is 43.3 Å². The number of hydrogen-bond acceptors (Lipinski definition) is 4. The molecule has 0 aromatic heterocycles. The molecule has 0 spiro atoms. The molecule has 0 saturated carbocycles. The number of benzene rings is 3. The van der Waals surface area contributed by atoms with Crippen LogP contribution in [-0.2, 0) is 32.6 Å². The van der Waals surface area contributed by atoms with E-state index in [1.165, 1.54) is 9.21 Å². The Hall–Kier alpha value is -2.78. The summed E-state index contributed by atoms with van der Waals surface area (Å²) in [4.78, 5) is 29.2. The van der Waals surface area contributed by atoms with Crippen molar-refractivity contribution < 1.29 is 18.0 Å². The van der Waals surface area contributed by atoms with Crippen LogP contribution in [0.2, 0.25) is 15.1 Å². The van der Waals surface area contributed by atoms with Crippen molar-refractivity contribution in [1.29, 1.82) is 0 Å². The summed E-state index contributed by atoms with van der Waals surface area (Å²) in [6, 6.07) is 18.7. The fourth-order valence-corrected chi connectivity index (χ4v) is 6.36. The number of amides is 2. The van der Waals surface area contributed by atoms with Crippen molar-refractivity contribution in [1.82, 2.24) is 10.2 Å². The van der Waals surface area contributed by atoms with Crippen LogP contribution >= 0.6 is 34.8 Å². The first-order valence-corrected chi connectivity index (χ1v) is 17.0. The summed E-state index contributed by atoms with van der Waals surface area (Å²) in [6.07, 6.45) is 1.58. The van der Waals surface area contributed by atoms with Gasteiger partial charge in [0.05, 0.1) is 11.9 Å². The van der Waals surface area contributed by atoms with Gasteiger partial charge in [-0.1, -0.05) is 91.1 Å². The summed E-state index contributed by atoms with van der Waals surface area (Å²) >= 11 is 19.2. The van der Waals surface area contributed by atoms with Crippen molar-refractivity contribution in [3.63, 3.8) is 0 Å². The van der Waals surface area contributed by atoms with Crippen LogP contribution in [0.3, 0.4) is 0 Å². The molecule has 0 aliphatic heterocycles. The average Bonchev–Trinajstić information content (AvgIpc) is 2.94. The molecule has 0 aliphatic rings. The highest BCUT2D eigenvalue weighted by Gasteiger charge is 2.31. The van der Waals surface area contributed by atoms with E-state index in [2.05, 4.69) is 5.32 Å². The molecule has 2 amide bonds. The molecule has 0 saturated heterocycles. The maximum Gasteiger partial charge on any atom is 0.243 e. The van der Waals surface area contributed by atoms with Gasteiger partial charge in [0.1, 0.15) is 6.04 Å². The number of carbonyl (C=O) groups excluding carboxylic acids is 2. The first-order chi connectivity index (χ1) is 20.3. The van der Waals surface area contributed by atoms with E-state index in [4.69, 9.17) is 34.8 Å². The van der Waals surface area contributed by atoms with Crippen LogP contribution in [0.25, 0.3) is 0 Å². The molecule has 0 aliphatic carbocycles. The third kappa shape index (κ3) is 10.1. The molecule has 3 aromatic carbocycles. The lowest BCUT2D eigenvalue weighted by atomic mass is 10.0. The number of aryl methyl sites for hydroxylation is 1. The SMILES string of the molecule is Cc1ccc(Cl)cc1N(CCCC(=O)N(Cc1c(Cl)cccc1Cl)[C@@H](Cc1ccccc1)C(=O)NCC(C)C)S(C)(=O)=O. The van der Waals surface area contributed by atoms with Gasteiger partial charge in [0.15, 0.2) is 0 Å². The molecular weight excluding hydrogens is 629 g/mol. The minimum Gasteiger partial charge on any atom is -0.354 e. The Bertz CT molecular complexity index is 1500. The lowest BCUT2D eigenvalue weighted by Crippen LogP contribution is -2.51.